The third kappa shape index (κ3) is 3.08. The summed E-state index contributed by atoms with van der Waals surface area (Å²) in [5.74, 6) is -0.493. The van der Waals surface area contributed by atoms with E-state index in [0.29, 0.717) is 11.1 Å². The van der Waals surface area contributed by atoms with Gasteiger partial charge in [-0.15, -0.1) is 0 Å². The molecule has 134 valence electrons. The summed E-state index contributed by atoms with van der Waals surface area (Å²) in [7, 11) is 0. The quantitative estimate of drug-likeness (QED) is 0.919. The summed E-state index contributed by atoms with van der Waals surface area (Å²) >= 11 is 0. The SMILES string of the molecule is NC(=O)c1cncc(-c2cccc(C(=O)N3CCC4(CCO4)CC3)c2)c1. The Labute approximate surface area is 152 Å². The number of carbonyl (C=O) groups is 2. The second kappa shape index (κ2) is 6.53. The molecule has 0 unspecified atom stereocenters. The van der Waals surface area contributed by atoms with Crippen LogP contribution in [0.15, 0.2) is 42.7 Å². The van der Waals surface area contributed by atoms with Crippen LogP contribution < -0.4 is 5.73 Å². The van der Waals surface area contributed by atoms with Crippen LogP contribution >= 0.6 is 0 Å². The van der Waals surface area contributed by atoms with E-state index >= 15 is 0 Å². The van der Waals surface area contributed by atoms with Gasteiger partial charge in [-0.05, 0) is 43.0 Å². The van der Waals surface area contributed by atoms with E-state index in [0.717, 1.165) is 50.1 Å². The van der Waals surface area contributed by atoms with Crippen molar-refractivity contribution < 1.29 is 14.3 Å². The molecule has 6 nitrogen and oxygen atoms in total. The second-order valence-corrected chi connectivity index (χ2v) is 6.98. The lowest BCUT2D eigenvalue weighted by atomic mass is 9.84. The smallest absolute Gasteiger partial charge is 0.253 e. The van der Waals surface area contributed by atoms with E-state index in [2.05, 4.69) is 4.98 Å². The number of likely N-dealkylation sites (tertiary alicyclic amines) is 1. The van der Waals surface area contributed by atoms with Gasteiger partial charge in [0.25, 0.3) is 5.91 Å². The zero-order valence-electron chi connectivity index (χ0n) is 14.5. The van der Waals surface area contributed by atoms with Crippen molar-refractivity contribution in [3.63, 3.8) is 0 Å². The number of hydrogen-bond donors (Lipinski definition) is 1. The zero-order valence-corrected chi connectivity index (χ0v) is 14.5. The molecule has 2 saturated heterocycles. The van der Waals surface area contributed by atoms with Gasteiger partial charge in [-0.25, -0.2) is 0 Å². The van der Waals surface area contributed by atoms with Crippen molar-refractivity contribution in [3.8, 4) is 11.1 Å². The normalized spacial score (nSPS) is 18.4. The summed E-state index contributed by atoms with van der Waals surface area (Å²) in [5.41, 5.74) is 7.93. The molecule has 2 fully saturated rings. The summed E-state index contributed by atoms with van der Waals surface area (Å²) in [6, 6.07) is 9.10. The van der Waals surface area contributed by atoms with Gasteiger partial charge < -0.3 is 15.4 Å². The van der Waals surface area contributed by atoms with Crippen LogP contribution in [0.1, 0.15) is 40.0 Å². The molecular weight excluding hydrogens is 330 g/mol. The van der Waals surface area contributed by atoms with Crippen LogP contribution in [0, 0.1) is 0 Å². The molecular formula is C20H21N3O3. The lowest BCUT2D eigenvalue weighted by Crippen LogP contribution is -2.53. The van der Waals surface area contributed by atoms with Crippen molar-refractivity contribution >= 4 is 11.8 Å². The van der Waals surface area contributed by atoms with E-state index < -0.39 is 5.91 Å². The first kappa shape index (κ1) is 16.7. The van der Waals surface area contributed by atoms with Crippen molar-refractivity contribution in [2.24, 2.45) is 5.73 Å². The van der Waals surface area contributed by atoms with Gasteiger partial charge in [0, 0.05) is 36.6 Å². The molecule has 4 rings (SSSR count). The Kier molecular flexibility index (Phi) is 4.20. The standard InChI is InChI=1S/C20H21N3O3/c21-18(24)17-11-16(12-22-13-17)14-2-1-3-15(10-14)19(25)23-7-4-20(5-8-23)6-9-26-20/h1-3,10-13H,4-9H2,(H2,21,24). The van der Waals surface area contributed by atoms with Crippen LogP contribution in [0.2, 0.25) is 0 Å². The van der Waals surface area contributed by atoms with Crippen LogP contribution in [0.3, 0.4) is 0 Å². The number of hydrogen-bond acceptors (Lipinski definition) is 4. The Hall–Kier alpha value is -2.73. The highest BCUT2D eigenvalue weighted by Gasteiger charge is 2.42. The summed E-state index contributed by atoms with van der Waals surface area (Å²) in [6.45, 7) is 2.29. The van der Waals surface area contributed by atoms with Crippen LogP contribution in [0.4, 0.5) is 0 Å². The highest BCUT2D eigenvalue weighted by molar-refractivity contribution is 5.96. The minimum Gasteiger partial charge on any atom is -0.375 e. The predicted molar refractivity (Wildman–Crippen MR) is 96.6 cm³/mol. The highest BCUT2D eigenvalue weighted by atomic mass is 16.5. The number of amides is 2. The molecule has 1 aromatic heterocycles. The van der Waals surface area contributed by atoms with E-state index in [1.165, 1.54) is 6.20 Å². The minimum absolute atomic E-state index is 0.0273. The molecule has 2 aliphatic heterocycles. The molecule has 1 spiro atoms. The minimum atomic E-state index is -0.521. The zero-order chi connectivity index (χ0) is 18.1. The fraction of sp³-hybridized carbons (Fsp3) is 0.350. The van der Waals surface area contributed by atoms with Gasteiger partial charge in [0.1, 0.15) is 0 Å². The molecule has 0 saturated carbocycles. The number of pyridine rings is 1. The second-order valence-electron chi connectivity index (χ2n) is 6.98. The topological polar surface area (TPSA) is 85.5 Å². The molecule has 2 N–H and O–H groups in total. The molecule has 26 heavy (non-hydrogen) atoms. The van der Waals surface area contributed by atoms with Gasteiger partial charge in [-0.1, -0.05) is 12.1 Å². The lowest BCUT2D eigenvalue weighted by Gasteiger charge is -2.47. The first-order chi connectivity index (χ1) is 12.6. The number of piperidine rings is 1. The van der Waals surface area contributed by atoms with E-state index in [1.807, 2.05) is 29.2 Å². The molecule has 3 heterocycles. The Morgan fingerprint density at radius 1 is 1.04 bits per heavy atom. The van der Waals surface area contributed by atoms with E-state index in [1.54, 1.807) is 12.3 Å². The van der Waals surface area contributed by atoms with Crippen LogP contribution in [0.5, 0.6) is 0 Å². The van der Waals surface area contributed by atoms with Crippen LogP contribution in [0.25, 0.3) is 11.1 Å². The fourth-order valence-electron chi connectivity index (χ4n) is 3.65. The number of benzene rings is 1. The number of rotatable bonds is 3. The summed E-state index contributed by atoms with van der Waals surface area (Å²) < 4.78 is 5.72. The first-order valence-electron chi connectivity index (χ1n) is 8.85. The first-order valence-corrected chi connectivity index (χ1v) is 8.85. The maximum absolute atomic E-state index is 12.9. The third-order valence-corrected chi connectivity index (χ3v) is 5.39. The van der Waals surface area contributed by atoms with Crippen molar-refractivity contribution in [1.82, 2.24) is 9.88 Å². The summed E-state index contributed by atoms with van der Waals surface area (Å²) in [4.78, 5) is 30.2. The summed E-state index contributed by atoms with van der Waals surface area (Å²) in [5, 5.41) is 0. The number of nitrogens with two attached hydrogens (primary N) is 1. The third-order valence-electron chi connectivity index (χ3n) is 5.39. The molecule has 2 amide bonds. The Balaban J connectivity index is 1.53. The number of nitrogens with zero attached hydrogens (tertiary/aromatic N) is 2. The number of aromatic nitrogens is 1. The molecule has 2 aliphatic rings. The number of carbonyl (C=O) groups excluding carboxylic acids is 2. The van der Waals surface area contributed by atoms with Gasteiger partial charge in [-0.2, -0.15) is 0 Å². The summed E-state index contributed by atoms with van der Waals surface area (Å²) in [6.07, 6.45) is 6.02. The average molecular weight is 351 g/mol. The van der Waals surface area contributed by atoms with Crippen molar-refractivity contribution in [1.29, 1.82) is 0 Å². The van der Waals surface area contributed by atoms with Gasteiger partial charge in [0.05, 0.1) is 17.8 Å². The fourth-order valence-corrected chi connectivity index (χ4v) is 3.65. The van der Waals surface area contributed by atoms with Gasteiger partial charge in [0.2, 0.25) is 5.91 Å². The molecule has 0 radical (unpaired) electrons. The molecule has 6 heteroatoms. The van der Waals surface area contributed by atoms with Crippen molar-refractivity contribution in [2.45, 2.75) is 24.9 Å². The molecule has 2 aromatic rings. The molecule has 0 atom stereocenters. The Morgan fingerprint density at radius 3 is 2.42 bits per heavy atom. The highest BCUT2D eigenvalue weighted by Crippen LogP contribution is 2.37. The lowest BCUT2D eigenvalue weighted by molar-refractivity contribution is -0.169. The number of ether oxygens (including phenoxy) is 1. The van der Waals surface area contributed by atoms with Crippen molar-refractivity contribution in [2.75, 3.05) is 19.7 Å². The monoisotopic (exact) mass is 351 g/mol. The molecule has 1 aromatic carbocycles. The van der Waals surface area contributed by atoms with Gasteiger partial charge >= 0.3 is 0 Å². The molecule has 0 aliphatic carbocycles. The van der Waals surface area contributed by atoms with E-state index in [-0.39, 0.29) is 11.5 Å². The Morgan fingerprint density at radius 2 is 1.77 bits per heavy atom. The van der Waals surface area contributed by atoms with Crippen LogP contribution in [-0.4, -0.2) is 47.0 Å². The predicted octanol–water partition coefficient (Wildman–Crippen LogP) is 2.24. The maximum atomic E-state index is 12.9. The molecule has 0 bridgehead atoms. The van der Waals surface area contributed by atoms with Crippen LogP contribution in [-0.2, 0) is 4.74 Å². The largest absolute Gasteiger partial charge is 0.375 e. The van der Waals surface area contributed by atoms with Gasteiger partial charge in [0.15, 0.2) is 0 Å². The Bertz CT molecular complexity index is 851. The van der Waals surface area contributed by atoms with Crippen molar-refractivity contribution in [3.05, 3.63) is 53.9 Å². The van der Waals surface area contributed by atoms with E-state index in [9.17, 15) is 9.59 Å². The van der Waals surface area contributed by atoms with E-state index in [4.69, 9.17) is 10.5 Å². The van der Waals surface area contributed by atoms with Gasteiger partial charge in [-0.3, -0.25) is 14.6 Å². The number of primary amides is 1. The maximum Gasteiger partial charge on any atom is 0.253 e. The average Bonchev–Trinajstić information content (AvgIpc) is 2.66.